The Hall–Kier alpha value is -1.82. The SMILES string of the molecule is Cc1cc(CNc2ccc(Br)cc2C(=O)O)no1. The van der Waals surface area contributed by atoms with Crippen LogP contribution in [0.2, 0.25) is 0 Å². The van der Waals surface area contributed by atoms with E-state index < -0.39 is 5.97 Å². The van der Waals surface area contributed by atoms with Crippen LogP contribution < -0.4 is 5.32 Å². The number of aromatic nitrogens is 1. The Kier molecular flexibility index (Phi) is 3.66. The summed E-state index contributed by atoms with van der Waals surface area (Å²) in [5.41, 5.74) is 1.49. The first-order valence-corrected chi connectivity index (χ1v) is 6.04. The quantitative estimate of drug-likeness (QED) is 0.907. The Labute approximate surface area is 112 Å². The van der Waals surface area contributed by atoms with Crippen molar-refractivity contribution < 1.29 is 14.4 Å². The maximum Gasteiger partial charge on any atom is 0.337 e. The van der Waals surface area contributed by atoms with Gasteiger partial charge in [-0.15, -0.1) is 0 Å². The van der Waals surface area contributed by atoms with Gasteiger partial charge in [0.2, 0.25) is 0 Å². The third-order valence-electron chi connectivity index (χ3n) is 2.35. The van der Waals surface area contributed by atoms with Crippen LogP contribution in [-0.2, 0) is 6.54 Å². The fraction of sp³-hybridized carbons (Fsp3) is 0.167. The van der Waals surface area contributed by atoms with Crippen molar-refractivity contribution in [3.63, 3.8) is 0 Å². The van der Waals surface area contributed by atoms with Crippen molar-refractivity contribution >= 4 is 27.6 Å². The average molecular weight is 311 g/mol. The molecule has 5 nitrogen and oxygen atoms in total. The van der Waals surface area contributed by atoms with E-state index in [1.807, 2.05) is 0 Å². The maximum absolute atomic E-state index is 11.1. The molecule has 0 amide bonds. The molecular formula is C12H11BrN2O3. The van der Waals surface area contributed by atoms with E-state index in [2.05, 4.69) is 26.4 Å². The number of nitrogens with one attached hydrogen (secondary N) is 1. The van der Waals surface area contributed by atoms with E-state index in [1.54, 1.807) is 31.2 Å². The summed E-state index contributed by atoms with van der Waals surface area (Å²) in [4.78, 5) is 11.1. The van der Waals surface area contributed by atoms with Crippen LogP contribution in [-0.4, -0.2) is 16.2 Å². The molecule has 94 valence electrons. The van der Waals surface area contributed by atoms with Gasteiger partial charge in [-0.2, -0.15) is 0 Å². The molecule has 0 saturated heterocycles. The number of hydrogen-bond donors (Lipinski definition) is 2. The van der Waals surface area contributed by atoms with Gasteiger partial charge in [0.15, 0.2) is 0 Å². The standard InChI is InChI=1S/C12H11BrN2O3/c1-7-4-9(15-18-7)6-14-11-3-2-8(13)5-10(11)12(16)17/h2-5,14H,6H2,1H3,(H,16,17). The van der Waals surface area contributed by atoms with E-state index in [-0.39, 0.29) is 5.56 Å². The monoisotopic (exact) mass is 310 g/mol. The molecule has 2 rings (SSSR count). The number of halogens is 1. The van der Waals surface area contributed by atoms with E-state index in [1.165, 1.54) is 0 Å². The number of aryl methyl sites for hydroxylation is 1. The van der Waals surface area contributed by atoms with Crippen LogP contribution in [0.25, 0.3) is 0 Å². The second-order valence-electron chi connectivity index (χ2n) is 3.78. The highest BCUT2D eigenvalue weighted by molar-refractivity contribution is 9.10. The van der Waals surface area contributed by atoms with E-state index in [0.29, 0.717) is 12.2 Å². The largest absolute Gasteiger partial charge is 0.478 e. The summed E-state index contributed by atoms with van der Waals surface area (Å²) < 4.78 is 5.66. The summed E-state index contributed by atoms with van der Waals surface area (Å²) in [5, 5.41) is 16.0. The van der Waals surface area contributed by atoms with Gasteiger partial charge in [-0.3, -0.25) is 0 Å². The number of carboxylic acid groups (broad SMARTS) is 1. The number of hydrogen-bond acceptors (Lipinski definition) is 4. The predicted octanol–water partition coefficient (Wildman–Crippen LogP) is 3.06. The minimum Gasteiger partial charge on any atom is -0.478 e. The first kappa shape index (κ1) is 12.6. The Morgan fingerprint density at radius 2 is 2.28 bits per heavy atom. The fourth-order valence-corrected chi connectivity index (χ4v) is 1.90. The molecule has 0 fully saturated rings. The van der Waals surface area contributed by atoms with E-state index >= 15 is 0 Å². The average Bonchev–Trinajstić information content (AvgIpc) is 2.73. The number of rotatable bonds is 4. The number of anilines is 1. The van der Waals surface area contributed by atoms with Crippen LogP contribution in [0.5, 0.6) is 0 Å². The lowest BCUT2D eigenvalue weighted by Crippen LogP contribution is -2.06. The number of carboxylic acids is 1. The van der Waals surface area contributed by atoms with Gasteiger partial charge < -0.3 is 14.9 Å². The van der Waals surface area contributed by atoms with Crippen molar-refractivity contribution in [2.24, 2.45) is 0 Å². The number of benzene rings is 1. The molecule has 1 aromatic carbocycles. The van der Waals surface area contributed by atoms with Gasteiger partial charge in [-0.25, -0.2) is 4.79 Å². The van der Waals surface area contributed by atoms with Crippen LogP contribution in [0.4, 0.5) is 5.69 Å². The molecule has 0 bridgehead atoms. The lowest BCUT2D eigenvalue weighted by Gasteiger charge is -2.08. The highest BCUT2D eigenvalue weighted by Gasteiger charge is 2.10. The summed E-state index contributed by atoms with van der Waals surface area (Å²) in [7, 11) is 0. The van der Waals surface area contributed by atoms with Crippen LogP contribution in [0.3, 0.4) is 0 Å². The topological polar surface area (TPSA) is 75.4 Å². The first-order chi connectivity index (χ1) is 8.56. The van der Waals surface area contributed by atoms with E-state index in [9.17, 15) is 4.79 Å². The second kappa shape index (κ2) is 5.22. The molecule has 0 saturated carbocycles. The van der Waals surface area contributed by atoms with Crippen molar-refractivity contribution in [2.45, 2.75) is 13.5 Å². The van der Waals surface area contributed by atoms with Crippen molar-refractivity contribution in [3.8, 4) is 0 Å². The van der Waals surface area contributed by atoms with Gasteiger partial charge >= 0.3 is 5.97 Å². The minimum absolute atomic E-state index is 0.213. The predicted molar refractivity (Wildman–Crippen MR) is 69.7 cm³/mol. The molecule has 0 radical (unpaired) electrons. The summed E-state index contributed by atoms with van der Waals surface area (Å²) in [6.45, 7) is 2.22. The molecule has 0 spiro atoms. The summed E-state index contributed by atoms with van der Waals surface area (Å²) in [5.74, 6) is -0.254. The molecule has 0 atom stereocenters. The highest BCUT2D eigenvalue weighted by Crippen LogP contribution is 2.21. The molecule has 18 heavy (non-hydrogen) atoms. The zero-order valence-electron chi connectivity index (χ0n) is 9.61. The van der Waals surface area contributed by atoms with Gasteiger partial charge in [0, 0.05) is 16.2 Å². The van der Waals surface area contributed by atoms with Crippen LogP contribution in [0.15, 0.2) is 33.3 Å². The molecule has 0 unspecified atom stereocenters. The molecule has 2 aromatic rings. The zero-order valence-corrected chi connectivity index (χ0v) is 11.2. The van der Waals surface area contributed by atoms with Gasteiger partial charge in [0.05, 0.1) is 12.1 Å². The van der Waals surface area contributed by atoms with Crippen molar-refractivity contribution in [2.75, 3.05) is 5.32 Å². The van der Waals surface area contributed by atoms with E-state index in [4.69, 9.17) is 9.63 Å². The third-order valence-corrected chi connectivity index (χ3v) is 2.84. The summed E-state index contributed by atoms with van der Waals surface area (Å²) >= 11 is 3.25. The third kappa shape index (κ3) is 2.89. The van der Waals surface area contributed by atoms with Gasteiger partial charge in [-0.1, -0.05) is 21.1 Å². The molecule has 1 aromatic heterocycles. The smallest absolute Gasteiger partial charge is 0.337 e. The molecular weight excluding hydrogens is 300 g/mol. The van der Waals surface area contributed by atoms with Crippen LogP contribution >= 0.6 is 15.9 Å². The Balaban J connectivity index is 2.16. The number of carbonyl (C=O) groups is 1. The molecule has 0 aliphatic carbocycles. The maximum atomic E-state index is 11.1. The molecule has 1 heterocycles. The molecule has 2 N–H and O–H groups in total. The Morgan fingerprint density at radius 1 is 1.50 bits per heavy atom. The van der Waals surface area contributed by atoms with Gasteiger partial charge in [-0.05, 0) is 25.1 Å². The van der Waals surface area contributed by atoms with Gasteiger partial charge in [0.1, 0.15) is 11.5 Å². The van der Waals surface area contributed by atoms with Crippen molar-refractivity contribution in [1.29, 1.82) is 0 Å². The first-order valence-electron chi connectivity index (χ1n) is 5.25. The van der Waals surface area contributed by atoms with Crippen molar-refractivity contribution in [3.05, 3.63) is 45.8 Å². The lowest BCUT2D eigenvalue weighted by molar-refractivity contribution is 0.0698. The summed E-state index contributed by atoms with van der Waals surface area (Å²) in [6.07, 6.45) is 0. The molecule has 6 heteroatoms. The molecule has 0 aliphatic rings. The lowest BCUT2D eigenvalue weighted by atomic mass is 10.2. The second-order valence-corrected chi connectivity index (χ2v) is 4.69. The minimum atomic E-state index is -0.977. The summed E-state index contributed by atoms with van der Waals surface area (Å²) in [6, 6.07) is 6.84. The zero-order chi connectivity index (χ0) is 13.1. The van der Waals surface area contributed by atoms with Crippen molar-refractivity contribution in [1.82, 2.24) is 5.16 Å². The number of nitrogens with zero attached hydrogens (tertiary/aromatic N) is 1. The van der Waals surface area contributed by atoms with E-state index in [0.717, 1.165) is 15.9 Å². The normalized spacial score (nSPS) is 10.3. The Bertz CT molecular complexity index is 580. The highest BCUT2D eigenvalue weighted by atomic mass is 79.9. The Morgan fingerprint density at radius 3 is 2.89 bits per heavy atom. The number of aromatic carboxylic acids is 1. The molecule has 0 aliphatic heterocycles. The van der Waals surface area contributed by atoms with Crippen LogP contribution in [0, 0.1) is 6.92 Å². The fourth-order valence-electron chi connectivity index (χ4n) is 1.53. The van der Waals surface area contributed by atoms with Gasteiger partial charge in [0.25, 0.3) is 0 Å². The van der Waals surface area contributed by atoms with Crippen LogP contribution in [0.1, 0.15) is 21.8 Å².